The summed E-state index contributed by atoms with van der Waals surface area (Å²) in [7, 11) is 0. The maximum Gasteiger partial charge on any atom is 0.342 e. The van der Waals surface area contributed by atoms with E-state index in [2.05, 4.69) is 46.4 Å². The van der Waals surface area contributed by atoms with Crippen molar-refractivity contribution in [1.29, 1.82) is 0 Å². The minimum absolute atomic E-state index is 0.154. The van der Waals surface area contributed by atoms with Gasteiger partial charge in [0.1, 0.15) is 5.60 Å². The van der Waals surface area contributed by atoms with Gasteiger partial charge in [-0.2, -0.15) is 4.89 Å². The molecule has 0 fully saturated rings. The third kappa shape index (κ3) is 32.0. The standard InChI is InChI=1S/C14H30O2.C11H22O3/c1-13(2,3)11-9-7-8-10-12-15-16-14(4,5)6;1-10(2,3)8-7-9(12)13-14-11(4,5)6/h7-12H2,1-6H3;7-8H2,1-6H3. The summed E-state index contributed by atoms with van der Waals surface area (Å²) in [5.41, 5.74) is 0.0101. The van der Waals surface area contributed by atoms with Crippen LogP contribution in [-0.2, 0) is 24.3 Å². The Morgan fingerprint density at radius 3 is 1.50 bits per heavy atom. The second-order valence-electron chi connectivity index (χ2n) is 12.5. The second-order valence-corrected chi connectivity index (χ2v) is 12.5. The minimum atomic E-state index is -0.433. The number of rotatable bonds is 10. The van der Waals surface area contributed by atoms with Crippen molar-refractivity contribution in [1.82, 2.24) is 0 Å². The molecule has 5 heteroatoms. The van der Waals surface area contributed by atoms with Gasteiger partial charge in [-0.15, -0.1) is 0 Å². The fourth-order valence-corrected chi connectivity index (χ4v) is 2.08. The van der Waals surface area contributed by atoms with E-state index in [1.807, 2.05) is 41.5 Å². The van der Waals surface area contributed by atoms with E-state index in [0.717, 1.165) is 12.8 Å². The Bertz CT molecular complexity index is 390. The minimum Gasteiger partial charge on any atom is -0.298 e. The summed E-state index contributed by atoms with van der Waals surface area (Å²) in [5.74, 6) is -0.296. The molecule has 0 atom stereocenters. The molecule has 0 aliphatic rings. The van der Waals surface area contributed by atoms with E-state index in [9.17, 15) is 4.79 Å². The van der Waals surface area contributed by atoms with E-state index in [-0.39, 0.29) is 17.0 Å². The summed E-state index contributed by atoms with van der Waals surface area (Å²) in [4.78, 5) is 31.1. The van der Waals surface area contributed by atoms with Crippen LogP contribution in [0.3, 0.4) is 0 Å². The zero-order valence-electron chi connectivity index (χ0n) is 22.2. The molecule has 0 N–H and O–H groups in total. The fraction of sp³-hybridized carbons (Fsp3) is 0.960. The van der Waals surface area contributed by atoms with Gasteiger partial charge in [0, 0.05) is 6.42 Å². The average Bonchev–Trinajstić information content (AvgIpc) is 2.50. The van der Waals surface area contributed by atoms with Crippen LogP contribution in [0.15, 0.2) is 0 Å². The predicted octanol–water partition coefficient (Wildman–Crippen LogP) is 7.82. The molecule has 0 aromatic carbocycles. The molecule has 0 spiro atoms. The Kier molecular flexibility index (Phi) is 15.2. The molecule has 0 rings (SSSR count). The van der Waals surface area contributed by atoms with Crippen LogP contribution in [0.2, 0.25) is 0 Å². The Morgan fingerprint density at radius 1 is 0.600 bits per heavy atom. The van der Waals surface area contributed by atoms with Crippen molar-refractivity contribution in [2.24, 2.45) is 10.8 Å². The Morgan fingerprint density at radius 2 is 1.07 bits per heavy atom. The van der Waals surface area contributed by atoms with Crippen molar-refractivity contribution in [3.8, 4) is 0 Å². The van der Waals surface area contributed by atoms with Gasteiger partial charge in [0.05, 0.1) is 12.2 Å². The SMILES string of the molecule is CC(C)(C)CCC(=O)OOC(C)(C)C.CC(C)(C)CCCCCCOOC(C)(C)C. The highest BCUT2D eigenvalue weighted by Gasteiger charge is 2.18. The van der Waals surface area contributed by atoms with Gasteiger partial charge < -0.3 is 0 Å². The zero-order chi connectivity index (χ0) is 24.1. The molecule has 0 aliphatic heterocycles. The highest BCUT2D eigenvalue weighted by Crippen LogP contribution is 2.22. The van der Waals surface area contributed by atoms with Gasteiger partial charge in [-0.3, -0.25) is 4.89 Å². The number of carbonyl (C=O) groups is 1. The lowest BCUT2D eigenvalue weighted by Crippen LogP contribution is -2.22. The molecule has 0 aromatic heterocycles. The molecule has 30 heavy (non-hydrogen) atoms. The lowest BCUT2D eigenvalue weighted by atomic mass is 9.89. The van der Waals surface area contributed by atoms with Crippen molar-refractivity contribution >= 4 is 5.97 Å². The summed E-state index contributed by atoms with van der Waals surface area (Å²) in [5, 5.41) is 0. The lowest BCUT2D eigenvalue weighted by molar-refractivity contribution is -0.348. The first-order chi connectivity index (χ1) is 13.3. The quantitative estimate of drug-likeness (QED) is 0.200. The van der Waals surface area contributed by atoms with E-state index < -0.39 is 5.60 Å². The number of unbranched alkanes of at least 4 members (excludes halogenated alkanes) is 3. The molecular weight excluding hydrogens is 380 g/mol. The summed E-state index contributed by atoms with van der Waals surface area (Å²) >= 11 is 0. The predicted molar refractivity (Wildman–Crippen MR) is 125 cm³/mol. The lowest BCUT2D eigenvalue weighted by Gasteiger charge is -2.19. The number of hydrogen-bond donors (Lipinski definition) is 0. The highest BCUT2D eigenvalue weighted by molar-refractivity contribution is 5.68. The second kappa shape index (κ2) is 14.4. The smallest absolute Gasteiger partial charge is 0.298 e. The van der Waals surface area contributed by atoms with Crippen molar-refractivity contribution < 1.29 is 24.3 Å². The van der Waals surface area contributed by atoms with Crippen LogP contribution in [0.1, 0.15) is 128 Å². The third-order valence-electron chi connectivity index (χ3n) is 3.68. The monoisotopic (exact) mass is 432 g/mol. The van der Waals surface area contributed by atoms with Crippen LogP contribution in [-0.4, -0.2) is 23.8 Å². The van der Waals surface area contributed by atoms with Crippen LogP contribution in [0.4, 0.5) is 0 Å². The van der Waals surface area contributed by atoms with Gasteiger partial charge >= 0.3 is 5.97 Å². The third-order valence-corrected chi connectivity index (χ3v) is 3.68. The van der Waals surface area contributed by atoms with Gasteiger partial charge in [-0.1, -0.05) is 60.8 Å². The zero-order valence-corrected chi connectivity index (χ0v) is 22.2. The van der Waals surface area contributed by atoms with Crippen molar-refractivity contribution in [3.05, 3.63) is 0 Å². The Balaban J connectivity index is 0. The molecule has 0 aromatic rings. The molecule has 0 aliphatic carbocycles. The van der Waals surface area contributed by atoms with Crippen molar-refractivity contribution in [2.45, 2.75) is 139 Å². The highest BCUT2D eigenvalue weighted by atomic mass is 17.2. The summed E-state index contributed by atoms with van der Waals surface area (Å²) < 4.78 is 0. The van der Waals surface area contributed by atoms with Crippen LogP contribution in [0.25, 0.3) is 0 Å². The van der Waals surface area contributed by atoms with E-state index in [0.29, 0.717) is 18.4 Å². The topological polar surface area (TPSA) is 54.0 Å². The van der Waals surface area contributed by atoms with Gasteiger partial charge in [0.15, 0.2) is 0 Å². The summed E-state index contributed by atoms with van der Waals surface area (Å²) in [6, 6.07) is 0. The van der Waals surface area contributed by atoms with Gasteiger partial charge in [-0.25, -0.2) is 14.6 Å². The van der Waals surface area contributed by atoms with E-state index in [1.54, 1.807) is 0 Å². The van der Waals surface area contributed by atoms with Gasteiger partial charge in [0.25, 0.3) is 0 Å². The van der Waals surface area contributed by atoms with Crippen LogP contribution < -0.4 is 0 Å². The van der Waals surface area contributed by atoms with Crippen LogP contribution in [0, 0.1) is 10.8 Å². The molecular formula is C25H52O5. The Labute approximate surface area is 187 Å². The molecule has 0 radical (unpaired) electrons. The molecule has 182 valence electrons. The maximum atomic E-state index is 11.2. The largest absolute Gasteiger partial charge is 0.342 e. The first-order valence-electron chi connectivity index (χ1n) is 11.5. The first kappa shape index (κ1) is 31.5. The average molecular weight is 433 g/mol. The van der Waals surface area contributed by atoms with Crippen molar-refractivity contribution in [2.75, 3.05) is 6.61 Å². The van der Waals surface area contributed by atoms with Gasteiger partial charge in [0.2, 0.25) is 0 Å². The molecule has 0 saturated carbocycles. The van der Waals surface area contributed by atoms with Crippen molar-refractivity contribution in [3.63, 3.8) is 0 Å². The summed E-state index contributed by atoms with van der Waals surface area (Å²) in [6.07, 6.45) is 7.48. The van der Waals surface area contributed by atoms with E-state index in [4.69, 9.17) is 14.7 Å². The number of carbonyl (C=O) groups excluding carboxylic acids is 1. The number of hydrogen-bond acceptors (Lipinski definition) is 5. The summed E-state index contributed by atoms with van der Waals surface area (Å²) in [6.45, 7) is 25.4. The fourth-order valence-electron chi connectivity index (χ4n) is 2.08. The molecule has 0 unspecified atom stereocenters. The maximum absolute atomic E-state index is 11.2. The van der Waals surface area contributed by atoms with E-state index >= 15 is 0 Å². The normalized spacial score (nSPS) is 12.9. The molecule has 0 bridgehead atoms. The van der Waals surface area contributed by atoms with Crippen LogP contribution >= 0.6 is 0 Å². The molecule has 0 amide bonds. The first-order valence-corrected chi connectivity index (χ1v) is 11.5. The molecule has 0 saturated heterocycles. The Hall–Kier alpha value is -0.650. The van der Waals surface area contributed by atoms with Crippen LogP contribution in [0.5, 0.6) is 0 Å². The molecule has 5 nitrogen and oxygen atoms in total. The van der Waals surface area contributed by atoms with Gasteiger partial charge in [-0.05, 0) is 71.6 Å². The molecule has 0 heterocycles. The van der Waals surface area contributed by atoms with E-state index in [1.165, 1.54) is 25.7 Å².